The van der Waals surface area contributed by atoms with Crippen LogP contribution < -0.4 is 5.32 Å². The van der Waals surface area contributed by atoms with Crippen LogP contribution in [-0.2, 0) is 9.59 Å². The summed E-state index contributed by atoms with van der Waals surface area (Å²) in [7, 11) is 0. The predicted molar refractivity (Wildman–Crippen MR) is 60.7 cm³/mol. The molecule has 0 radical (unpaired) electrons. The third kappa shape index (κ3) is 2.62. The van der Waals surface area contributed by atoms with Crippen molar-refractivity contribution in [1.29, 1.82) is 0 Å². The smallest absolute Gasteiger partial charge is 0.239 e. The Labute approximate surface area is 95.7 Å². The van der Waals surface area contributed by atoms with E-state index in [1.807, 2.05) is 0 Å². The van der Waals surface area contributed by atoms with E-state index in [2.05, 4.69) is 17.5 Å². The van der Waals surface area contributed by atoms with Gasteiger partial charge in [-0.05, 0) is 25.7 Å². The summed E-state index contributed by atoms with van der Waals surface area (Å²) in [5, 5.41) is 2.79. The number of carbonyl (C=O) groups is 2. The van der Waals surface area contributed by atoms with Crippen molar-refractivity contribution in [3.05, 3.63) is 12.2 Å². The summed E-state index contributed by atoms with van der Waals surface area (Å²) in [6, 6.07) is 0. The summed E-state index contributed by atoms with van der Waals surface area (Å²) < 4.78 is 0. The van der Waals surface area contributed by atoms with Crippen LogP contribution in [0.4, 0.5) is 0 Å². The van der Waals surface area contributed by atoms with E-state index in [4.69, 9.17) is 0 Å². The molecule has 1 unspecified atom stereocenters. The average Bonchev–Trinajstić information content (AvgIpc) is 2.54. The van der Waals surface area contributed by atoms with E-state index in [1.165, 1.54) is 0 Å². The molecule has 4 heteroatoms. The van der Waals surface area contributed by atoms with Crippen LogP contribution in [0.2, 0.25) is 0 Å². The third-order valence-electron chi connectivity index (χ3n) is 3.19. The van der Waals surface area contributed by atoms with E-state index in [-0.39, 0.29) is 24.3 Å². The highest BCUT2D eigenvalue weighted by molar-refractivity contribution is 5.86. The van der Waals surface area contributed by atoms with Crippen LogP contribution in [0.5, 0.6) is 0 Å². The molecule has 1 atom stereocenters. The monoisotopic (exact) mass is 222 g/mol. The molecule has 16 heavy (non-hydrogen) atoms. The van der Waals surface area contributed by atoms with Crippen molar-refractivity contribution in [2.75, 3.05) is 19.6 Å². The Hall–Kier alpha value is -1.32. The fourth-order valence-electron chi connectivity index (χ4n) is 2.27. The molecule has 88 valence electrons. The molecular weight excluding hydrogens is 204 g/mol. The summed E-state index contributed by atoms with van der Waals surface area (Å²) >= 11 is 0. The van der Waals surface area contributed by atoms with Gasteiger partial charge in [-0.3, -0.25) is 9.59 Å². The maximum Gasteiger partial charge on any atom is 0.239 e. The van der Waals surface area contributed by atoms with Gasteiger partial charge in [0.1, 0.15) is 0 Å². The van der Waals surface area contributed by atoms with E-state index in [0.717, 1.165) is 25.7 Å². The molecule has 1 aliphatic carbocycles. The Morgan fingerprint density at radius 1 is 1.44 bits per heavy atom. The van der Waals surface area contributed by atoms with Crippen LogP contribution in [0.3, 0.4) is 0 Å². The fraction of sp³-hybridized carbons (Fsp3) is 0.667. The van der Waals surface area contributed by atoms with Gasteiger partial charge in [-0.15, -0.1) is 0 Å². The maximum atomic E-state index is 12.2. The zero-order valence-corrected chi connectivity index (χ0v) is 9.45. The Morgan fingerprint density at radius 3 is 3.06 bits per heavy atom. The Kier molecular flexibility index (Phi) is 3.59. The minimum atomic E-state index is -0.0304. The lowest BCUT2D eigenvalue weighted by Crippen LogP contribution is -2.40. The van der Waals surface area contributed by atoms with Gasteiger partial charge in [-0.1, -0.05) is 12.2 Å². The van der Waals surface area contributed by atoms with Crippen LogP contribution in [0.1, 0.15) is 25.7 Å². The molecule has 0 spiro atoms. The highest BCUT2D eigenvalue weighted by Gasteiger charge is 2.26. The highest BCUT2D eigenvalue weighted by Crippen LogP contribution is 2.20. The average molecular weight is 222 g/mol. The normalized spacial score (nSPS) is 26.1. The molecule has 1 aliphatic heterocycles. The van der Waals surface area contributed by atoms with E-state index in [9.17, 15) is 9.59 Å². The van der Waals surface area contributed by atoms with Gasteiger partial charge < -0.3 is 10.2 Å². The minimum Gasteiger partial charge on any atom is -0.354 e. The van der Waals surface area contributed by atoms with Crippen molar-refractivity contribution in [1.82, 2.24) is 10.2 Å². The number of allylic oxidation sites excluding steroid dienone is 2. The summed E-state index contributed by atoms with van der Waals surface area (Å²) in [6.07, 6.45) is 7.80. The predicted octanol–water partition coefficient (Wildman–Crippen LogP) is 0.691. The van der Waals surface area contributed by atoms with Crippen LogP contribution >= 0.6 is 0 Å². The third-order valence-corrected chi connectivity index (χ3v) is 3.19. The molecule has 2 rings (SSSR count). The van der Waals surface area contributed by atoms with Crippen molar-refractivity contribution in [3.63, 3.8) is 0 Å². The molecule has 2 aliphatic rings. The summed E-state index contributed by atoms with van der Waals surface area (Å²) in [5.74, 6) is 0.217. The van der Waals surface area contributed by atoms with Gasteiger partial charge in [0.05, 0.1) is 6.54 Å². The summed E-state index contributed by atoms with van der Waals surface area (Å²) in [4.78, 5) is 25.2. The molecular formula is C12H18N2O2. The van der Waals surface area contributed by atoms with Crippen LogP contribution in [0.25, 0.3) is 0 Å². The number of hydrogen-bond donors (Lipinski definition) is 1. The van der Waals surface area contributed by atoms with Gasteiger partial charge in [-0.25, -0.2) is 0 Å². The van der Waals surface area contributed by atoms with Crippen molar-refractivity contribution >= 4 is 11.8 Å². The molecule has 0 aromatic rings. The second-order valence-electron chi connectivity index (χ2n) is 4.44. The number of nitrogens with zero attached hydrogens (tertiary/aromatic N) is 1. The first-order valence-electron chi connectivity index (χ1n) is 5.98. The molecule has 1 saturated heterocycles. The van der Waals surface area contributed by atoms with Gasteiger partial charge >= 0.3 is 0 Å². The number of amides is 2. The van der Waals surface area contributed by atoms with Gasteiger partial charge in [0, 0.05) is 19.0 Å². The van der Waals surface area contributed by atoms with E-state index in [1.54, 1.807) is 4.90 Å². The van der Waals surface area contributed by atoms with Gasteiger partial charge in [0.2, 0.25) is 11.8 Å². The van der Waals surface area contributed by atoms with Gasteiger partial charge in [0.15, 0.2) is 0 Å². The molecule has 0 saturated carbocycles. The van der Waals surface area contributed by atoms with E-state index < -0.39 is 0 Å². The molecule has 1 fully saturated rings. The second kappa shape index (κ2) is 5.14. The van der Waals surface area contributed by atoms with Crippen molar-refractivity contribution in [3.8, 4) is 0 Å². The van der Waals surface area contributed by atoms with Crippen LogP contribution in [-0.4, -0.2) is 36.3 Å². The largest absolute Gasteiger partial charge is 0.354 e. The van der Waals surface area contributed by atoms with Crippen LogP contribution in [0.15, 0.2) is 12.2 Å². The van der Waals surface area contributed by atoms with Crippen molar-refractivity contribution in [2.24, 2.45) is 5.92 Å². The first-order valence-corrected chi connectivity index (χ1v) is 5.98. The SMILES string of the molecule is O=C1CN(C(=O)C2CC=CCC2)CCCN1. The quantitative estimate of drug-likeness (QED) is 0.664. The zero-order valence-electron chi connectivity index (χ0n) is 9.45. The lowest BCUT2D eigenvalue weighted by atomic mass is 9.93. The Morgan fingerprint density at radius 2 is 2.31 bits per heavy atom. The summed E-state index contributed by atoms with van der Waals surface area (Å²) in [6.45, 7) is 1.63. The van der Waals surface area contributed by atoms with Gasteiger partial charge in [0.25, 0.3) is 0 Å². The zero-order chi connectivity index (χ0) is 11.4. The van der Waals surface area contributed by atoms with Crippen molar-refractivity contribution in [2.45, 2.75) is 25.7 Å². The fourth-order valence-corrected chi connectivity index (χ4v) is 2.27. The highest BCUT2D eigenvalue weighted by atomic mass is 16.2. The molecule has 4 nitrogen and oxygen atoms in total. The minimum absolute atomic E-state index is 0.0304. The van der Waals surface area contributed by atoms with E-state index >= 15 is 0 Å². The number of nitrogens with one attached hydrogen (secondary N) is 1. The molecule has 1 heterocycles. The topological polar surface area (TPSA) is 49.4 Å². The van der Waals surface area contributed by atoms with Gasteiger partial charge in [-0.2, -0.15) is 0 Å². The second-order valence-corrected chi connectivity index (χ2v) is 4.44. The number of hydrogen-bond acceptors (Lipinski definition) is 2. The standard InChI is InChI=1S/C12H18N2O2/c15-11-9-14(8-4-7-13-11)12(16)10-5-2-1-3-6-10/h1-2,10H,3-9H2,(H,13,15). The molecule has 0 aromatic heterocycles. The molecule has 0 bridgehead atoms. The molecule has 0 aromatic carbocycles. The lowest BCUT2D eigenvalue weighted by Gasteiger charge is -2.25. The Balaban J connectivity index is 1.96. The number of rotatable bonds is 1. The Bertz CT molecular complexity index is 312. The first kappa shape index (κ1) is 11.2. The van der Waals surface area contributed by atoms with Crippen LogP contribution in [0, 0.1) is 5.92 Å². The van der Waals surface area contributed by atoms with Crippen molar-refractivity contribution < 1.29 is 9.59 Å². The summed E-state index contributed by atoms with van der Waals surface area (Å²) in [5.41, 5.74) is 0. The van der Waals surface area contributed by atoms with E-state index in [0.29, 0.717) is 13.1 Å². The maximum absolute atomic E-state index is 12.2. The first-order chi connectivity index (χ1) is 7.77. The lowest BCUT2D eigenvalue weighted by molar-refractivity contribution is -0.138. The molecule has 1 N–H and O–H groups in total. The molecule has 2 amide bonds. The number of carbonyl (C=O) groups excluding carboxylic acids is 2.